The quantitative estimate of drug-likeness (QED) is 0.386. The zero-order valence-corrected chi connectivity index (χ0v) is 7.82. The van der Waals surface area contributed by atoms with E-state index in [-0.39, 0.29) is 0 Å². The Morgan fingerprint density at radius 2 is 1.93 bits per heavy atom. The van der Waals surface area contributed by atoms with Crippen molar-refractivity contribution in [2.75, 3.05) is 6.61 Å². The number of aliphatic hydroxyl groups excluding tert-OH is 4. The molecule has 0 bridgehead atoms. The van der Waals surface area contributed by atoms with Gasteiger partial charge in [-0.1, -0.05) is 0 Å². The molecule has 5 atom stereocenters. The smallest absolute Gasteiger partial charge is 0.180 e. The summed E-state index contributed by atoms with van der Waals surface area (Å²) in [6.45, 7) is 1.17. The summed E-state index contributed by atoms with van der Waals surface area (Å²) >= 11 is 0. The largest absolute Gasteiger partial charge is 0.394 e. The Morgan fingerprint density at radius 3 is 2.43 bits per heavy atom. The molecule has 82 valence electrons. The third-order valence-electron chi connectivity index (χ3n) is 2.19. The van der Waals surface area contributed by atoms with Crippen molar-refractivity contribution in [3.8, 4) is 0 Å². The normalized spacial score (nSPS) is 44.5. The van der Waals surface area contributed by atoms with Gasteiger partial charge in [-0.05, 0) is 13.1 Å². The first-order chi connectivity index (χ1) is 6.61. The summed E-state index contributed by atoms with van der Waals surface area (Å²) in [6.07, 6.45) is -3.33. The predicted molar refractivity (Wildman–Crippen MR) is 47.9 cm³/mol. The van der Waals surface area contributed by atoms with E-state index in [0.29, 0.717) is 0 Å². The Labute approximate surface area is 81.5 Å². The van der Waals surface area contributed by atoms with Gasteiger partial charge in [0.25, 0.3) is 0 Å². The molecule has 0 radical (unpaired) electrons. The first kappa shape index (κ1) is 11.5. The van der Waals surface area contributed by atoms with Gasteiger partial charge in [-0.15, -0.1) is 0 Å². The van der Waals surface area contributed by atoms with E-state index in [1.165, 1.54) is 6.21 Å². The lowest BCUT2D eigenvalue weighted by atomic mass is 9.98. The van der Waals surface area contributed by atoms with Crippen molar-refractivity contribution in [1.82, 2.24) is 0 Å². The van der Waals surface area contributed by atoms with Crippen LogP contribution in [0.5, 0.6) is 0 Å². The van der Waals surface area contributed by atoms with Crippen LogP contribution in [0, 0.1) is 0 Å². The first-order valence-electron chi connectivity index (χ1n) is 4.40. The van der Waals surface area contributed by atoms with Crippen molar-refractivity contribution in [3.05, 3.63) is 0 Å². The average Bonchev–Trinajstić information content (AvgIpc) is 2.18. The van der Waals surface area contributed by atoms with Crippen molar-refractivity contribution in [3.63, 3.8) is 0 Å². The number of nitrogens with zero attached hydrogens (tertiary/aromatic N) is 1. The molecule has 6 heteroatoms. The van der Waals surface area contributed by atoms with Crippen LogP contribution in [0.3, 0.4) is 0 Å². The van der Waals surface area contributed by atoms with Gasteiger partial charge in [0.1, 0.15) is 24.4 Å². The minimum Gasteiger partial charge on any atom is -0.394 e. The first-order valence-corrected chi connectivity index (χ1v) is 4.40. The maximum absolute atomic E-state index is 9.53. The number of aliphatic imine (C=N–C) groups is 1. The van der Waals surface area contributed by atoms with E-state index >= 15 is 0 Å². The topological polar surface area (TPSA) is 103 Å². The fourth-order valence-corrected chi connectivity index (χ4v) is 1.42. The molecule has 4 N–H and O–H groups in total. The fraction of sp³-hybridized carbons (Fsp3) is 0.875. The van der Waals surface area contributed by atoms with Gasteiger partial charge in [0.2, 0.25) is 0 Å². The van der Waals surface area contributed by atoms with Crippen LogP contribution in [-0.2, 0) is 4.74 Å². The van der Waals surface area contributed by atoms with Crippen molar-refractivity contribution in [2.24, 2.45) is 4.99 Å². The molecular formula is C8H15NO5. The highest BCUT2D eigenvalue weighted by molar-refractivity contribution is 5.53. The van der Waals surface area contributed by atoms with E-state index in [0.717, 1.165) is 0 Å². The van der Waals surface area contributed by atoms with E-state index in [1.807, 2.05) is 0 Å². The molecule has 0 saturated carbocycles. The molecule has 0 amide bonds. The Morgan fingerprint density at radius 1 is 1.29 bits per heavy atom. The summed E-state index contributed by atoms with van der Waals surface area (Å²) in [5.74, 6) is 0. The number of rotatable bonds is 2. The molecule has 0 aromatic heterocycles. The van der Waals surface area contributed by atoms with Gasteiger partial charge in [-0.25, -0.2) is 0 Å². The van der Waals surface area contributed by atoms with Crippen molar-refractivity contribution < 1.29 is 25.2 Å². The molecule has 1 unspecified atom stereocenters. The van der Waals surface area contributed by atoms with E-state index in [1.54, 1.807) is 6.92 Å². The molecule has 1 heterocycles. The molecule has 0 aromatic rings. The third-order valence-corrected chi connectivity index (χ3v) is 2.19. The van der Waals surface area contributed by atoms with Crippen LogP contribution in [-0.4, -0.2) is 63.9 Å². The van der Waals surface area contributed by atoms with E-state index in [4.69, 9.17) is 9.84 Å². The Hall–Kier alpha value is -0.530. The lowest BCUT2D eigenvalue weighted by Crippen LogP contribution is -2.57. The monoisotopic (exact) mass is 205 g/mol. The SMILES string of the molecule is CC=N[C@H]1C(O)O[C@H](CO)[C@H](O)[C@@H]1O. The van der Waals surface area contributed by atoms with Crippen LogP contribution >= 0.6 is 0 Å². The van der Waals surface area contributed by atoms with Gasteiger partial charge < -0.3 is 25.2 Å². The van der Waals surface area contributed by atoms with Gasteiger partial charge >= 0.3 is 0 Å². The van der Waals surface area contributed by atoms with E-state index in [2.05, 4.69) is 4.99 Å². The van der Waals surface area contributed by atoms with Gasteiger partial charge in [-0.2, -0.15) is 0 Å². The molecule has 1 rings (SSSR count). The lowest BCUT2D eigenvalue weighted by Gasteiger charge is -2.38. The summed E-state index contributed by atoms with van der Waals surface area (Å²) in [5, 5.41) is 37.1. The van der Waals surface area contributed by atoms with Crippen LogP contribution in [0.1, 0.15) is 6.92 Å². The highest BCUT2D eigenvalue weighted by atomic mass is 16.6. The Bertz CT molecular complexity index is 210. The molecule has 6 nitrogen and oxygen atoms in total. The minimum absolute atomic E-state index is 0.460. The molecule has 1 aliphatic rings. The van der Waals surface area contributed by atoms with Gasteiger partial charge in [-0.3, -0.25) is 4.99 Å². The Balaban J connectivity index is 2.73. The van der Waals surface area contributed by atoms with Gasteiger partial charge in [0, 0.05) is 0 Å². The molecule has 0 spiro atoms. The summed E-state index contributed by atoms with van der Waals surface area (Å²) in [7, 11) is 0. The second-order valence-electron chi connectivity index (χ2n) is 3.13. The molecule has 14 heavy (non-hydrogen) atoms. The maximum atomic E-state index is 9.53. The van der Waals surface area contributed by atoms with Crippen molar-refractivity contribution in [2.45, 2.75) is 37.6 Å². The van der Waals surface area contributed by atoms with Crippen LogP contribution in [0.15, 0.2) is 4.99 Å². The third kappa shape index (κ3) is 2.10. The van der Waals surface area contributed by atoms with Crippen LogP contribution in [0.2, 0.25) is 0 Å². The van der Waals surface area contributed by atoms with Crippen LogP contribution < -0.4 is 0 Å². The second-order valence-corrected chi connectivity index (χ2v) is 3.13. The summed E-state index contributed by atoms with van der Waals surface area (Å²) in [6, 6.07) is -0.905. The van der Waals surface area contributed by atoms with E-state index in [9.17, 15) is 15.3 Å². The molecule has 1 aliphatic heterocycles. The highest BCUT2D eigenvalue weighted by Crippen LogP contribution is 2.21. The zero-order chi connectivity index (χ0) is 10.7. The molecular weight excluding hydrogens is 190 g/mol. The Kier molecular flexibility index (Phi) is 3.97. The number of hydrogen-bond acceptors (Lipinski definition) is 6. The van der Waals surface area contributed by atoms with Gasteiger partial charge in [0.15, 0.2) is 6.29 Å². The zero-order valence-electron chi connectivity index (χ0n) is 7.82. The fourth-order valence-electron chi connectivity index (χ4n) is 1.42. The predicted octanol–water partition coefficient (Wildman–Crippen LogP) is -2.12. The van der Waals surface area contributed by atoms with Crippen molar-refractivity contribution in [1.29, 1.82) is 0 Å². The van der Waals surface area contributed by atoms with Gasteiger partial charge in [0.05, 0.1) is 6.61 Å². The maximum Gasteiger partial charge on any atom is 0.180 e. The van der Waals surface area contributed by atoms with Crippen LogP contribution in [0.4, 0.5) is 0 Å². The second kappa shape index (κ2) is 4.81. The average molecular weight is 205 g/mol. The summed E-state index contributed by atoms with van der Waals surface area (Å²) in [4.78, 5) is 3.77. The number of ether oxygens (including phenoxy) is 1. The standard InChI is InChI=1S/C8H15NO5/c1-2-9-5-7(12)6(11)4(3-10)14-8(5)13/h2,4-8,10-13H,3H2,1H3/t4-,5-,6+,7-,8?/m1/s1. The number of hydrogen-bond donors (Lipinski definition) is 4. The molecule has 0 aromatic carbocycles. The molecule has 1 fully saturated rings. The van der Waals surface area contributed by atoms with Crippen LogP contribution in [0.25, 0.3) is 0 Å². The molecule has 0 aliphatic carbocycles. The highest BCUT2D eigenvalue weighted by Gasteiger charge is 2.43. The number of aliphatic hydroxyl groups is 4. The minimum atomic E-state index is -1.30. The molecule has 1 saturated heterocycles. The summed E-state index contributed by atoms with van der Waals surface area (Å²) < 4.78 is 4.87. The van der Waals surface area contributed by atoms with E-state index < -0.39 is 37.3 Å². The lowest BCUT2D eigenvalue weighted by molar-refractivity contribution is -0.248. The van der Waals surface area contributed by atoms with Crippen molar-refractivity contribution >= 4 is 6.21 Å². The summed E-state index contributed by atoms with van der Waals surface area (Å²) in [5.41, 5.74) is 0.